The van der Waals surface area contributed by atoms with Crippen molar-refractivity contribution in [1.82, 2.24) is 9.78 Å². The highest BCUT2D eigenvalue weighted by Crippen LogP contribution is 2.32. The highest BCUT2D eigenvalue weighted by molar-refractivity contribution is 6.37. The van der Waals surface area contributed by atoms with E-state index in [2.05, 4.69) is 10.2 Å². The Morgan fingerprint density at radius 2 is 1.66 bits per heavy atom. The van der Waals surface area contributed by atoms with Crippen LogP contribution >= 0.6 is 23.2 Å². The van der Waals surface area contributed by atoms with Crippen LogP contribution in [0.3, 0.4) is 0 Å². The molecule has 0 saturated carbocycles. The third-order valence-corrected chi connectivity index (χ3v) is 5.44. The van der Waals surface area contributed by atoms with Gasteiger partial charge in [-0.05, 0) is 51.1 Å². The maximum absolute atomic E-state index is 13.0. The van der Waals surface area contributed by atoms with Crippen molar-refractivity contribution in [3.05, 3.63) is 81.1 Å². The summed E-state index contributed by atoms with van der Waals surface area (Å²) in [6.45, 7) is 5.67. The molecule has 0 unspecified atom stereocenters. The smallest absolute Gasteiger partial charge is 0.267 e. The number of hydrogen-bond acceptors (Lipinski definition) is 3. The number of carbonyl (C=O) groups is 1. The van der Waals surface area contributed by atoms with Gasteiger partial charge in [0.2, 0.25) is 0 Å². The average Bonchev–Trinajstić information content (AvgIpc) is 3.14. The van der Waals surface area contributed by atoms with Crippen LogP contribution in [0.5, 0.6) is 0 Å². The molecule has 1 aliphatic heterocycles. The number of hydrazone groups is 1. The van der Waals surface area contributed by atoms with E-state index in [4.69, 9.17) is 23.2 Å². The summed E-state index contributed by atoms with van der Waals surface area (Å²) in [5.74, 6) is -0.255. The van der Waals surface area contributed by atoms with Crippen LogP contribution in [0.4, 0.5) is 5.69 Å². The molecule has 1 aromatic heterocycles. The zero-order chi connectivity index (χ0) is 20.7. The van der Waals surface area contributed by atoms with Crippen molar-refractivity contribution in [3.8, 4) is 5.69 Å². The number of nitrogens with zero attached hydrogens (tertiary/aromatic N) is 4. The Labute approximate surface area is 178 Å². The van der Waals surface area contributed by atoms with Crippen LogP contribution in [0, 0.1) is 13.8 Å². The fraction of sp³-hybridized carbons (Fsp3) is 0.136. The number of halogens is 2. The summed E-state index contributed by atoms with van der Waals surface area (Å²) < 4.78 is 1.67. The molecule has 5 nitrogen and oxygen atoms in total. The van der Waals surface area contributed by atoms with E-state index >= 15 is 0 Å². The molecule has 0 N–H and O–H groups in total. The second kappa shape index (κ2) is 7.50. The monoisotopic (exact) mass is 424 g/mol. The summed E-state index contributed by atoms with van der Waals surface area (Å²) >= 11 is 12.9. The molecular weight excluding hydrogens is 407 g/mol. The molecule has 0 radical (unpaired) electrons. The average molecular weight is 425 g/mol. The minimum absolute atomic E-state index is 0.255. The van der Waals surface area contributed by atoms with Gasteiger partial charge in [-0.25, -0.2) is 4.68 Å². The molecule has 0 spiro atoms. The van der Waals surface area contributed by atoms with Gasteiger partial charge in [0.15, 0.2) is 0 Å². The Balaban J connectivity index is 1.74. The first kappa shape index (κ1) is 19.4. The van der Waals surface area contributed by atoms with E-state index in [1.165, 1.54) is 5.01 Å². The molecule has 0 aliphatic carbocycles. The number of para-hydroxylation sites is 1. The van der Waals surface area contributed by atoms with Gasteiger partial charge in [-0.15, -0.1) is 0 Å². The normalized spacial score (nSPS) is 15.3. The number of aryl methyl sites for hydroxylation is 2. The Kier molecular flexibility index (Phi) is 5.03. The van der Waals surface area contributed by atoms with Gasteiger partial charge in [0.05, 0.1) is 33.4 Å². The molecule has 1 amide bonds. The van der Waals surface area contributed by atoms with Crippen LogP contribution in [0.1, 0.15) is 23.7 Å². The molecule has 4 rings (SSSR count). The zero-order valence-corrected chi connectivity index (χ0v) is 17.7. The molecule has 2 heterocycles. The summed E-state index contributed by atoms with van der Waals surface area (Å²) in [5.41, 5.74) is 5.01. The van der Waals surface area contributed by atoms with Crippen molar-refractivity contribution < 1.29 is 4.79 Å². The maximum Gasteiger partial charge on any atom is 0.280 e. The molecule has 0 bridgehead atoms. The number of hydrogen-bond donors (Lipinski definition) is 0. The summed E-state index contributed by atoms with van der Waals surface area (Å²) in [6.07, 6.45) is 1.74. The Hall–Kier alpha value is -2.89. The number of aromatic nitrogens is 2. The first-order valence-electron chi connectivity index (χ1n) is 9.05. The van der Waals surface area contributed by atoms with Crippen molar-refractivity contribution in [2.75, 3.05) is 5.01 Å². The van der Waals surface area contributed by atoms with Crippen LogP contribution in [0.25, 0.3) is 11.8 Å². The molecule has 1 aliphatic rings. The second-order valence-electron chi connectivity index (χ2n) is 6.85. The van der Waals surface area contributed by atoms with Crippen molar-refractivity contribution in [2.45, 2.75) is 20.8 Å². The molecule has 0 saturated heterocycles. The number of rotatable bonds is 3. The Bertz CT molecular complexity index is 1180. The molecule has 7 heteroatoms. The largest absolute Gasteiger partial charge is 0.280 e. The molecule has 29 heavy (non-hydrogen) atoms. The van der Waals surface area contributed by atoms with Crippen LogP contribution < -0.4 is 5.01 Å². The quantitative estimate of drug-likeness (QED) is 0.513. The fourth-order valence-electron chi connectivity index (χ4n) is 3.15. The molecule has 2 aromatic carbocycles. The topological polar surface area (TPSA) is 50.5 Å². The van der Waals surface area contributed by atoms with E-state index in [-0.39, 0.29) is 5.91 Å². The van der Waals surface area contributed by atoms with E-state index in [1.807, 2.05) is 50.2 Å². The van der Waals surface area contributed by atoms with Gasteiger partial charge >= 0.3 is 0 Å². The Morgan fingerprint density at radius 3 is 2.34 bits per heavy atom. The van der Waals surface area contributed by atoms with Crippen LogP contribution in [0.15, 0.2) is 59.2 Å². The molecule has 0 fully saturated rings. The number of anilines is 1. The predicted octanol–water partition coefficient (Wildman–Crippen LogP) is 5.60. The Morgan fingerprint density at radius 1 is 0.966 bits per heavy atom. The van der Waals surface area contributed by atoms with E-state index in [0.717, 1.165) is 16.9 Å². The third kappa shape index (κ3) is 3.48. The van der Waals surface area contributed by atoms with Crippen molar-refractivity contribution >= 4 is 46.6 Å². The summed E-state index contributed by atoms with van der Waals surface area (Å²) in [7, 11) is 0. The lowest BCUT2D eigenvalue weighted by molar-refractivity contribution is -0.114. The lowest BCUT2D eigenvalue weighted by atomic mass is 10.1. The summed E-state index contributed by atoms with van der Waals surface area (Å²) in [6, 6.07) is 15.0. The minimum Gasteiger partial charge on any atom is -0.267 e. The first-order valence-corrected chi connectivity index (χ1v) is 9.81. The van der Waals surface area contributed by atoms with Crippen molar-refractivity contribution in [2.24, 2.45) is 5.10 Å². The summed E-state index contributed by atoms with van der Waals surface area (Å²) in [5, 5.41) is 11.2. The van der Waals surface area contributed by atoms with Crippen LogP contribution in [-0.4, -0.2) is 21.4 Å². The standard InChI is InChI=1S/C22H18Cl2N4O/c1-13-8-10-16(11-9-13)27-21(24)17(14(2)25-27)12-18-15(3)26-28(22(18)29)20-7-5-4-6-19(20)23/h4-12H,1-3H3. The maximum atomic E-state index is 13.0. The number of benzene rings is 2. The lowest BCUT2D eigenvalue weighted by Gasteiger charge is -2.13. The van der Waals surface area contributed by atoms with Gasteiger partial charge in [0.1, 0.15) is 5.15 Å². The minimum atomic E-state index is -0.255. The molecule has 3 aromatic rings. The van der Waals surface area contributed by atoms with Crippen LogP contribution in [0.2, 0.25) is 10.2 Å². The van der Waals surface area contributed by atoms with Gasteiger partial charge < -0.3 is 0 Å². The lowest BCUT2D eigenvalue weighted by Crippen LogP contribution is -2.21. The summed E-state index contributed by atoms with van der Waals surface area (Å²) in [4.78, 5) is 13.0. The number of carbonyl (C=O) groups excluding carboxylic acids is 1. The second-order valence-corrected chi connectivity index (χ2v) is 7.61. The van der Waals surface area contributed by atoms with Gasteiger partial charge in [-0.2, -0.15) is 15.2 Å². The predicted molar refractivity (Wildman–Crippen MR) is 118 cm³/mol. The van der Waals surface area contributed by atoms with E-state index < -0.39 is 0 Å². The fourth-order valence-corrected chi connectivity index (χ4v) is 3.69. The van der Waals surface area contributed by atoms with Gasteiger partial charge in [0, 0.05) is 5.56 Å². The van der Waals surface area contributed by atoms with Crippen LogP contribution in [-0.2, 0) is 4.79 Å². The van der Waals surface area contributed by atoms with E-state index in [9.17, 15) is 4.79 Å². The molecule has 146 valence electrons. The van der Waals surface area contributed by atoms with E-state index in [1.54, 1.807) is 29.8 Å². The first-order chi connectivity index (χ1) is 13.9. The van der Waals surface area contributed by atoms with Gasteiger partial charge in [-0.1, -0.05) is 53.0 Å². The highest BCUT2D eigenvalue weighted by atomic mass is 35.5. The van der Waals surface area contributed by atoms with E-state index in [0.29, 0.717) is 32.7 Å². The van der Waals surface area contributed by atoms with Crippen molar-refractivity contribution in [1.29, 1.82) is 0 Å². The van der Waals surface area contributed by atoms with Gasteiger partial charge in [0.25, 0.3) is 5.91 Å². The van der Waals surface area contributed by atoms with Gasteiger partial charge in [-0.3, -0.25) is 4.79 Å². The zero-order valence-electron chi connectivity index (χ0n) is 16.1. The third-order valence-electron chi connectivity index (χ3n) is 4.76. The molecular formula is C22H18Cl2N4O. The van der Waals surface area contributed by atoms with Crippen molar-refractivity contribution in [3.63, 3.8) is 0 Å². The SMILES string of the molecule is CC1=NN(c2ccccc2Cl)C(=O)C1=Cc1c(C)nn(-c2ccc(C)cc2)c1Cl. The molecule has 0 atom stereocenters. The highest BCUT2D eigenvalue weighted by Gasteiger charge is 2.30. The number of amides is 1.